The van der Waals surface area contributed by atoms with E-state index >= 15 is 0 Å². The highest BCUT2D eigenvalue weighted by atomic mass is 32.2. The minimum absolute atomic E-state index is 0.0123. The average molecular weight is 478 g/mol. The van der Waals surface area contributed by atoms with Crippen molar-refractivity contribution in [3.05, 3.63) is 35.9 Å². The predicted octanol–water partition coefficient (Wildman–Crippen LogP) is -0.134. The van der Waals surface area contributed by atoms with E-state index in [9.17, 15) is 16.8 Å². The summed E-state index contributed by atoms with van der Waals surface area (Å²) in [4.78, 5) is 10.1. The van der Waals surface area contributed by atoms with Crippen molar-refractivity contribution in [2.45, 2.75) is 9.79 Å². The van der Waals surface area contributed by atoms with Gasteiger partial charge >= 0.3 is 0 Å². The number of sulfonamides is 2. The molecule has 0 bridgehead atoms. The summed E-state index contributed by atoms with van der Waals surface area (Å²) in [6.07, 6.45) is 0. The molecule has 0 atom stereocenters. The number of rotatable bonds is 7. The molecular weight excluding hydrogens is 458 g/mol. The third kappa shape index (κ3) is 3.87. The van der Waals surface area contributed by atoms with Crippen molar-refractivity contribution in [3.63, 3.8) is 0 Å². The number of aromatic amines is 1. The van der Waals surface area contributed by atoms with Crippen LogP contribution in [0.1, 0.15) is 5.56 Å². The molecule has 4 rings (SSSR count). The van der Waals surface area contributed by atoms with Gasteiger partial charge in [0.1, 0.15) is 9.79 Å². The lowest BCUT2D eigenvalue weighted by Crippen LogP contribution is -2.31. The number of aromatic nitrogens is 2. The van der Waals surface area contributed by atoms with E-state index in [1.807, 2.05) is 0 Å². The topological polar surface area (TPSA) is 224 Å². The highest BCUT2D eigenvalue weighted by molar-refractivity contribution is 7.92. The fraction of sp³-hybridized carbons (Fsp3) is 0.176. The number of nitrogens with zero attached hydrogens (tertiary/aromatic N) is 4. The molecule has 13 nitrogen and oxygen atoms in total. The van der Waals surface area contributed by atoms with Crippen molar-refractivity contribution in [1.29, 1.82) is 0 Å². The van der Waals surface area contributed by atoms with E-state index in [0.717, 1.165) is 6.07 Å². The zero-order valence-corrected chi connectivity index (χ0v) is 18.1. The number of anilines is 1. The van der Waals surface area contributed by atoms with Crippen LogP contribution >= 0.6 is 0 Å². The Balaban J connectivity index is 2.12. The molecule has 2 heterocycles. The Labute approximate surface area is 182 Å². The van der Waals surface area contributed by atoms with Gasteiger partial charge in [0.25, 0.3) is 0 Å². The molecule has 1 aromatic heterocycles. The molecule has 2 aromatic carbocycles. The summed E-state index contributed by atoms with van der Waals surface area (Å²) < 4.78 is 53.4. The first-order chi connectivity index (χ1) is 15.1. The maximum atomic E-state index is 12.9. The van der Waals surface area contributed by atoms with Crippen molar-refractivity contribution in [2.24, 2.45) is 26.1 Å². The Bertz CT molecular complexity index is 1490. The number of nitrogen functional groups attached to an aromatic ring is 1. The second kappa shape index (κ2) is 8.03. The van der Waals surface area contributed by atoms with Crippen molar-refractivity contribution < 1.29 is 16.8 Å². The predicted molar refractivity (Wildman–Crippen MR) is 118 cm³/mol. The van der Waals surface area contributed by atoms with Gasteiger partial charge in [-0.2, -0.15) is 5.11 Å². The number of H-pyrrole nitrogens is 1. The monoisotopic (exact) mass is 477 g/mol. The maximum absolute atomic E-state index is 12.9. The van der Waals surface area contributed by atoms with Gasteiger partial charge in [-0.05, 0) is 17.7 Å². The average Bonchev–Trinajstić information content (AvgIpc) is 3.39. The summed E-state index contributed by atoms with van der Waals surface area (Å²) >= 11 is 0. The number of imidazole rings is 1. The second-order valence-corrected chi connectivity index (χ2v) is 9.97. The highest BCUT2D eigenvalue weighted by Gasteiger charge is 2.33. The maximum Gasteiger partial charge on any atom is 0.241 e. The van der Waals surface area contributed by atoms with Crippen LogP contribution in [0.4, 0.5) is 5.95 Å². The van der Waals surface area contributed by atoms with Gasteiger partial charge in [-0.15, -0.1) is 5.11 Å². The zero-order chi connectivity index (χ0) is 23.1. The molecule has 8 N–H and O–H groups in total. The van der Waals surface area contributed by atoms with Crippen LogP contribution in [-0.2, 0) is 20.0 Å². The number of nitrogens with two attached hydrogens (primary N) is 3. The quantitative estimate of drug-likeness (QED) is 0.309. The number of para-hydroxylation sites is 1. The summed E-state index contributed by atoms with van der Waals surface area (Å²) in [6, 6.07) is 7.73. The van der Waals surface area contributed by atoms with E-state index in [4.69, 9.17) is 16.6 Å². The third-order valence-corrected chi connectivity index (χ3v) is 7.25. The molecule has 1 aliphatic rings. The van der Waals surface area contributed by atoms with Crippen molar-refractivity contribution >= 4 is 42.9 Å². The molecule has 0 aliphatic carbocycles. The Morgan fingerprint density at radius 2 is 1.88 bits per heavy atom. The number of hydrogen-bond acceptors (Lipinski definition) is 10. The van der Waals surface area contributed by atoms with Crippen LogP contribution in [0.15, 0.2) is 55.3 Å². The Morgan fingerprint density at radius 1 is 1.09 bits per heavy atom. The number of amidine groups is 1. The SMILES string of the molecule is NCCNS(=O)(=O)c1ccc(-c2cccc3[nH]c(N)nc23)c(C2=NCN=N2)c1S(N)(=O)=O. The van der Waals surface area contributed by atoms with Crippen LogP contribution in [0.5, 0.6) is 0 Å². The van der Waals surface area contributed by atoms with Gasteiger partial charge in [0.05, 0.1) is 16.6 Å². The van der Waals surface area contributed by atoms with E-state index in [2.05, 4.69) is 29.9 Å². The fourth-order valence-electron chi connectivity index (χ4n) is 3.40. The first-order valence-corrected chi connectivity index (χ1v) is 12.2. The third-order valence-electron chi connectivity index (χ3n) is 4.63. The molecule has 0 saturated carbocycles. The van der Waals surface area contributed by atoms with Gasteiger partial charge in [0.2, 0.25) is 20.0 Å². The van der Waals surface area contributed by atoms with Crippen molar-refractivity contribution in [2.75, 3.05) is 25.5 Å². The number of benzene rings is 2. The smallest absolute Gasteiger partial charge is 0.241 e. The van der Waals surface area contributed by atoms with Crippen molar-refractivity contribution in [3.8, 4) is 11.1 Å². The van der Waals surface area contributed by atoms with Gasteiger partial charge in [-0.25, -0.2) is 36.7 Å². The number of fused-ring (bicyclic) bond motifs is 1. The highest BCUT2D eigenvalue weighted by Crippen LogP contribution is 2.37. The molecule has 168 valence electrons. The zero-order valence-electron chi connectivity index (χ0n) is 16.5. The van der Waals surface area contributed by atoms with E-state index in [1.54, 1.807) is 18.2 Å². The molecule has 0 amide bonds. The molecule has 1 aliphatic heterocycles. The number of primary sulfonamides is 1. The van der Waals surface area contributed by atoms with Crippen LogP contribution < -0.4 is 21.3 Å². The normalized spacial score (nSPS) is 14.2. The molecule has 3 aromatic rings. The van der Waals surface area contributed by atoms with Crippen LogP contribution in [0.25, 0.3) is 22.2 Å². The van der Waals surface area contributed by atoms with Gasteiger partial charge in [0.15, 0.2) is 18.5 Å². The van der Waals surface area contributed by atoms with Crippen molar-refractivity contribution in [1.82, 2.24) is 14.7 Å². The summed E-state index contributed by atoms with van der Waals surface area (Å²) in [5.41, 5.74) is 12.9. The molecule has 0 fully saturated rings. The summed E-state index contributed by atoms with van der Waals surface area (Å²) in [6.45, 7) is -0.130. The molecule has 0 spiro atoms. The lowest BCUT2D eigenvalue weighted by atomic mass is 9.97. The summed E-state index contributed by atoms with van der Waals surface area (Å²) in [7, 11) is -8.86. The van der Waals surface area contributed by atoms with E-state index in [-0.39, 0.29) is 37.1 Å². The van der Waals surface area contributed by atoms with Crippen LogP contribution in [0.3, 0.4) is 0 Å². The van der Waals surface area contributed by atoms with E-state index < -0.39 is 29.8 Å². The van der Waals surface area contributed by atoms with Gasteiger partial charge in [0, 0.05) is 18.7 Å². The lowest BCUT2D eigenvalue weighted by molar-refractivity contribution is 0.573. The Hall–Kier alpha value is -3.24. The summed E-state index contributed by atoms with van der Waals surface area (Å²) in [5, 5.41) is 13.2. The minimum Gasteiger partial charge on any atom is -0.369 e. The van der Waals surface area contributed by atoms with Crippen LogP contribution in [-0.4, -0.2) is 52.4 Å². The van der Waals surface area contributed by atoms with Gasteiger partial charge in [-0.3, -0.25) is 0 Å². The number of aliphatic imine (C=N–C) groups is 1. The van der Waals surface area contributed by atoms with E-state index in [1.165, 1.54) is 6.07 Å². The summed E-state index contributed by atoms with van der Waals surface area (Å²) in [5.74, 6) is 0.0872. The molecule has 15 heteroatoms. The molecule has 0 saturated heterocycles. The van der Waals surface area contributed by atoms with Crippen LogP contribution in [0, 0.1) is 0 Å². The minimum atomic E-state index is -4.57. The number of azo groups is 1. The van der Waals surface area contributed by atoms with E-state index in [0.29, 0.717) is 22.2 Å². The fourth-order valence-corrected chi connectivity index (χ4v) is 6.05. The second-order valence-electron chi connectivity index (χ2n) is 6.74. The number of nitrogens with one attached hydrogen (secondary N) is 2. The van der Waals surface area contributed by atoms with Crippen LogP contribution in [0.2, 0.25) is 0 Å². The number of hydrogen-bond donors (Lipinski definition) is 5. The Kier molecular flexibility index (Phi) is 5.51. The molecule has 0 radical (unpaired) electrons. The standard InChI is InChI=1S/C17H19N9O4S2/c18-6-7-23-32(29,30)12-5-4-9(10-2-1-3-11-14(10)25-17(19)24-11)13(15(12)31(20,27)28)16-21-8-22-26-16/h1-5,23H,6-8,18H2,(H3,19,24,25)(H2,20,27,28). The molecule has 32 heavy (non-hydrogen) atoms. The first kappa shape index (κ1) is 22.0. The molecular formula is C17H19N9O4S2. The van der Waals surface area contributed by atoms with Gasteiger partial charge < -0.3 is 16.5 Å². The Morgan fingerprint density at radius 3 is 2.53 bits per heavy atom. The molecule has 0 unspecified atom stereocenters. The largest absolute Gasteiger partial charge is 0.369 e. The lowest BCUT2D eigenvalue weighted by Gasteiger charge is -2.17. The van der Waals surface area contributed by atoms with Gasteiger partial charge in [-0.1, -0.05) is 18.2 Å². The first-order valence-electron chi connectivity index (χ1n) is 9.20.